The first kappa shape index (κ1) is 13.0. The van der Waals surface area contributed by atoms with E-state index in [1.165, 1.54) is 0 Å². The summed E-state index contributed by atoms with van der Waals surface area (Å²) in [5.41, 5.74) is 2.39. The second kappa shape index (κ2) is 5.44. The summed E-state index contributed by atoms with van der Waals surface area (Å²) >= 11 is 0. The Labute approximate surface area is 105 Å². The highest BCUT2D eigenvalue weighted by Gasteiger charge is 2.14. The number of aromatic amines is 1. The minimum Gasteiger partial charge on any atom is -0.337 e. The SMILES string of the molecule is CN(C)CCCc1cccc2[nH]c(C(F)F)nc12. The number of rotatable bonds is 5. The summed E-state index contributed by atoms with van der Waals surface area (Å²) < 4.78 is 25.2. The van der Waals surface area contributed by atoms with Crippen LogP contribution in [0.2, 0.25) is 0 Å². The van der Waals surface area contributed by atoms with Crippen LogP contribution in [-0.2, 0) is 6.42 Å². The van der Waals surface area contributed by atoms with Gasteiger partial charge in [-0.1, -0.05) is 12.1 Å². The average Bonchev–Trinajstić information content (AvgIpc) is 2.73. The van der Waals surface area contributed by atoms with Crippen LogP contribution in [-0.4, -0.2) is 35.5 Å². The van der Waals surface area contributed by atoms with Gasteiger partial charge in [-0.25, -0.2) is 13.8 Å². The predicted octanol–water partition coefficient (Wildman–Crippen LogP) is 2.99. The van der Waals surface area contributed by atoms with Crippen molar-refractivity contribution < 1.29 is 8.78 Å². The Balaban J connectivity index is 2.22. The molecule has 0 bridgehead atoms. The lowest BCUT2D eigenvalue weighted by Crippen LogP contribution is -2.13. The van der Waals surface area contributed by atoms with E-state index < -0.39 is 6.43 Å². The molecule has 0 saturated heterocycles. The highest BCUT2D eigenvalue weighted by atomic mass is 19.3. The summed E-state index contributed by atoms with van der Waals surface area (Å²) in [5.74, 6) is -0.245. The Morgan fingerprint density at radius 3 is 2.78 bits per heavy atom. The second-order valence-electron chi connectivity index (χ2n) is 4.64. The van der Waals surface area contributed by atoms with E-state index in [-0.39, 0.29) is 5.82 Å². The minimum atomic E-state index is -2.55. The van der Waals surface area contributed by atoms with Gasteiger partial charge in [0.05, 0.1) is 11.0 Å². The molecule has 0 fully saturated rings. The lowest BCUT2D eigenvalue weighted by Gasteiger charge is -2.08. The van der Waals surface area contributed by atoms with Crippen molar-refractivity contribution in [2.45, 2.75) is 19.3 Å². The molecule has 1 heterocycles. The number of nitrogens with one attached hydrogen (secondary N) is 1. The first-order valence-corrected chi connectivity index (χ1v) is 5.98. The van der Waals surface area contributed by atoms with Gasteiger partial charge in [0.1, 0.15) is 0 Å². The van der Waals surface area contributed by atoms with E-state index in [1.807, 2.05) is 26.2 Å². The molecule has 0 spiro atoms. The minimum absolute atomic E-state index is 0.245. The first-order valence-electron chi connectivity index (χ1n) is 5.98. The molecule has 0 aliphatic carbocycles. The maximum absolute atomic E-state index is 12.6. The van der Waals surface area contributed by atoms with Crippen LogP contribution in [0.4, 0.5) is 8.78 Å². The fraction of sp³-hybridized carbons (Fsp3) is 0.462. The molecule has 1 N–H and O–H groups in total. The van der Waals surface area contributed by atoms with Crippen LogP contribution in [0.3, 0.4) is 0 Å². The molecular formula is C13H17F2N3. The summed E-state index contributed by atoms with van der Waals surface area (Å²) in [4.78, 5) is 8.76. The molecule has 2 rings (SSSR count). The number of fused-ring (bicyclic) bond motifs is 1. The number of nitrogens with zero attached hydrogens (tertiary/aromatic N) is 2. The zero-order valence-electron chi connectivity index (χ0n) is 10.6. The van der Waals surface area contributed by atoms with E-state index in [1.54, 1.807) is 6.07 Å². The Kier molecular flexibility index (Phi) is 3.91. The molecule has 0 aliphatic heterocycles. The summed E-state index contributed by atoms with van der Waals surface area (Å²) in [6, 6.07) is 5.61. The number of hydrogen-bond acceptors (Lipinski definition) is 2. The summed E-state index contributed by atoms with van der Waals surface area (Å²) in [6.45, 7) is 0.975. The smallest absolute Gasteiger partial charge is 0.295 e. The zero-order chi connectivity index (χ0) is 13.1. The molecule has 98 valence electrons. The van der Waals surface area contributed by atoms with Crippen LogP contribution in [0.15, 0.2) is 18.2 Å². The number of aryl methyl sites for hydroxylation is 1. The van der Waals surface area contributed by atoms with Crippen molar-refractivity contribution in [3.8, 4) is 0 Å². The second-order valence-corrected chi connectivity index (χ2v) is 4.64. The van der Waals surface area contributed by atoms with E-state index in [0.717, 1.165) is 24.9 Å². The number of para-hydroxylation sites is 1. The number of H-pyrrole nitrogens is 1. The first-order chi connectivity index (χ1) is 8.58. The van der Waals surface area contributed by atoms with Crippen molar-refractivity contribution in [3.63, 3.8) is 0 Å². The van der Waals surface area contributed by atoms with Gasteiger partial charge in [-0.2, -0.15) is 0 Å². The lowest BCUT2D eigenvalue weighted by molar-refractivity contribution is 0.142. The van der Waals surface area contributed by atoms with Crippen molar-refractivity contribution in [2.75, 3.05) is 20.6 Å². The molecule has 5 heteroatoms. The Morgan fingerprint density at radius 2 is 2.11 bits per heavy atom. The molecule has 3 nitrogen and oxygen atoms in total. The van der Waals surface area contributed by atoms with Crippen LogP contribution in [0, 0.1) is 0 Å². The van der Waals surface area contributed by atoms with Crippen LogP contribution < -0.4 is 0 Å². The Morgan fingerprint density at radius 1 is 1.33 bits per heavy atom. The van der Waals surface area contributed by atoms with Crippen molar-refractivity contribution in [1.29, 1.82) is 0 Å². The molecule has 0 unspecified atom stereocenters. The third kappa shape index (κ3) is 2.85. The molecule has 1 aromatic heterocycles. The molecule has 18 heavy (non-hydrogen) atoms. The molecule has 0 saturated carbocycles. The Hall–Kier alpha value is -1.49. The standard InChI is InChI=1S/C13H17F2N3/c1-18(2)8-4-6-9-5-3-7-10-11(9)17-13(16-10)12(14)15/h3,5,7,12H,4,6,8H2,1-2H3,(H,16,17). The van der Waals surface area contributed by atoms with Crippen molar-refractivity contribution in [1.82, 2.24) is 14.9 Å². The van der Waals surface area contributed by atoms with Crippen molar-refractivity contribution in [3.05, 3.63) is 29.6 Å². The normalized spacial score (nSPS) is 11.9. The summed E-state index contributed by atoms with van der Waals surface area (Å²) in [6.07, 6.45) is -0.710. The summed E-state index contributed by atoms with van der Waals surface area (Å²) in [7, 11) is 4.04. The average molecular weight is 253 g/mol. The highest BCUT2D eigenvalue weighted by Crippen LogP contribution is 2.22. The fourth-order valence-corrected chi connectivity index (χ4v) is 2.00. The number of halogens is 2. The number of hydrogen-bond donors (Lipinski definition) is 1. The number of alkyl halides is 2. The zero-order valence-corrected chi connectivity index (χ0v) is 10.6. The number of aromatic nitrogens is 2. The van der Waals surface area contributed by atoms with E-state index in [4.69, 9.17) is 0 Å². The van der Waals surface area contributed by atoms with Gasteiger partial charge in [-0.15, -0.1) is 0 Å². The number of benzene rings is 1. The highest BCUT2D eigenvalue weighted by molar-refractivity contribution is 5.78. The molecule has 2 aromatic rings. The fourth-order valence-electron chi connectivity index (χ4n) is 2.00. The van der Waals surface area contributed by atoms with Gasteiger partial charge in [0.25, 0.3) is 6.43 Å². The van der Waals surface area contributed by atoms with Gasteiger partial charge >= 0.3 is 0 Å². The van der Waals surface area contributed by atoms with Gasteiger partial charge in [0.2, 0.25) is 0 Å². The van der Waals surface area contributed by atoms with Gasteiger partial charge in [-0.05, 0) is 45.1 Å². The van der Waals surface area contributed by atoms with E-state index in [0.29, 0.717) is 11.0 Å². The molecular weight excluding hydrogens is 236 g/mol. The predicted molar refractivity (Wildman–Crippen MR) is 67.9 cm³/mol. The number of imidazole rings is 1. The van der Waals surface area contributed by atoms with Gasteiger partial charge in [0, 0.05) is 0 Å². The largest absolute Gasteiger partial charge is 0.337 e. The third-order valence-electron chi connectivity index (χ3n) is 2.87. The molecule has 0 atom stereocenters. The van der Waals surface area contributed by atoms with Crippen LogP contribution in [0.5, 0.6) is 0 Å². The molecule has 0 radical (unpaired) electrons. The van der Waals surface area contributed by atoms with Crippen molar-refractivity contribution >= 4 is 11.0 Å². The lowest BCUT2D eigenvalue weighted by atomic mass is 10.1. The van der Waals surface area contributed by atoms with Gasteiger partial charge in [-0.3, -0.25) is 0 Å². The van der Waals surface area contributed by atoms with Crippen molar-refractivity contribution in [2.24, 2.45) is 0 Å². The monoisotopic (exact) mass is 253 g/mol. The van der Waals surface area contributed by atoms with E-state index >= 15 is 0 Å². The molecule has 1 aromatic carbocycles. The van der Waals surface area contributed by atoms with Gasteiger partial charge < -0.3 is 9.88 Å². The van der Waals surface area contributed by atoms with Crippen LogP contribution in [0.1, 0.15) is 24.2 Å². The van der Waals surface area contributed by atoms with E-state index in [2.05, 4.69) is 14.9 Å². The molecule has 0 aliphatic rings. The topological polar surface area (TPSA) is 31.9 Å². The summed E-state index contributed by atoms with van der Waals surface area (Å²) in [5, 5.41) is 0. The van der Waals surface area contributed by atoms with Gasteiger partial charge in [0.15, 0.2) is 5.82 Å². The molecule has 0 amide bonds. The van der Waals surface area contributed by atoms with E-state index in [9.17, 15) is 8.78 Å². The quantitative estimate of drug-likeness (QED) is 0.888. The maximum Gasteiger partial charge on any atom is 0.295 e. The third-order valence-corrected chi connectivity index (χ3v) is 2.87. The maximum atomic E-state index is 12.6. The Bertz CT molecular complexity index is 520. The van der Waals surface area contributed by atoms with Crippen LogP contribution in [0.25, 0.3) is 11.0 Å². The van der Waals surface area contributed by atoms with Crippen LogP contribution >= 0.6 is 0 Å².